The van der Waals surface area contributed by atoms with Crippen LogP contribution in [0.2, 0.25) is 5.02 Å². The van der Waals surface area contributed by atoms with Gasteiger partial charge in [-0.1, -0.05) is 11.6 Å². The van der Waals surface area contributed by atoms with Crippen LogP contribution in [-0.2, 0) is 0 Å². The molecule has 0 aliphatic rings. The van der Waals surface area contributed by atoms with Gasteiger partial charge in [-0.05, 0) is 61.1 Å². The Morgan fingerprint density at radius 2 is 2.00 bits per heavy atom. The summed E-state index contributed by atoms with van der Waals surface area (Å²) < 4.78 is 1.21. The number of hydrogen-bond donors (Lipinski definition) is 1. The molecule has 1 N–H and O–H groups in total. The van der Waals surface area contributed by atoms with Crippen LogP contribution in [0.5, 0.6) is 0 Å². The third kappa shape index (κ3) is 2.74. The number of halogens is 2. The molecule has 0 saturated carbocycles. The van der Waals surface area contributed by atoms with E-state index < -0.39 is 0 Å². The summed E-state index contributed by atoms with van der Waals surface area (Å²) >= 11 is 8.46. The van der Waals surface area contributed by atoms with Crippen LogP contribution in [0.4, 0.5) is 5.69 Å². The summed E-state index contributed by atoms with van der Waals surface area (Å²) in [5.74, 6) is 0. The third-order valence-corrected chi connectivity index (χ3v) is 3.42. The van der Waals surface area contributed by atoms with Crippen LogP contribution in [-0.4, -0.2) is 6.04 Å². The summed E-state index contributed by atoms with van der Waals surface area (Å²) in [6, 6.07) is 4.51. The molecule has 0 heterocycles. The highest BCUT2D eigenvalue weighted by atomic mass is 127. The van der Waals surface area contributed by atoms with Gasteiger partial charge in [-0.3, -0.25) is 0 Å². The molecule has 0 aromatic heterocycles. The van der Waals surface area contributed by atoms with Gasteiger partial charge in [0.2, 0.25) is 0 Å². The highest BCUT2D eigenvalue weighted by Gasteiger charge is 2.06. The molecule has 13 heavy (non-hydrogen) atoms. The molecule has 1 nitrogen and oxygen atoms in total. The summed E-state index contributed by atoms with van der Waals surface area (Å²) in [4.78, 5) is 0. The number of nitrogens with one attached hydrogen (secondary N) is 1. The molecule has 1 aromatic rings. The smallest absolute Gasteiger partial charge is 0.0677 e. The van der Waals surface area contributed by atoms with E-state index in [9.17, 15) is 0 Å². The Hall–Kier alpha value is 0.0400. The molecule has 0 saturated heterocycles. The molecule has 0 spiro atoms. The SMILES string of the molecule is Cc1c(I)ccc(NC(C)C)c1Cl. The van der Waals surface area contributed by atoms with E-state index in [1.165, 1.54) is 3.57 Å². The van der Waals surface area contributed by atoms with Crippen molar-refractivity contribution in [1.82, 2.24) is 0 Å². The molecule has 0 fully saturated rings. The van der Waals surface area contributed by atoms with Crippen molar-refractivity contribution in [1.29, 1.82) is 0 Å². The third-order valence-electron chi connectivity index (χ3n) is 1.76. The fraction of sp³-hybridized carbons (Fsp3) is 0.400. The summed E-state index contributed by atoms with van der Waals surface area (Å²) in [5, 5.41) is 4.14. The van der Waals surface area contributed by atoms with Crippen molar-refractivity contribution in [2.45, 2.75) is 26.8 Å². The van der Waals surface area contributed by atoms with Gasteiger partial charge in [0, 0.05) is 9.61 Å². The molecule has 1 rings (SSSR count). The first kappa shape index (κ1) is 11.1. The van der Waals surface area contributed by atoms with Crippen LogP contribution < -0.4 is 5.32 Å². The highest BCUT2D eigenvalue weighted by molar-refractivity contribution is 14.1. The molecule has 1 aromatic carbocycles. The van der Waals surface area contributed by atoms with E-state index in [0.29, 0.717) is 6.04 Å². The fourth-order valence-electron chi connectivity index (χ4n) is 1.08. The van der Waals surface area contributed by atoms with Gasteiger partial charge in [-0.2, -0.15) is 0 Å². The molecule has 3 heteroatoms. The Kier molecular flexibility index (Phi) is 3.86. The molecular formula is C10H13ClIN. The second-order valence-corrected chi connectivity index (χ2v) is 4.87. The number of benzene rings is 1. The average Bonchev–Trinajstić information content (AvgIpc) is 2.06. The van der Waals surface area contributed by atoms with E-state index in [0.717, 1.165) is 16.3 Å². The van der Waals surface area contributed by atoms with E-state index in [-0.39, 0.29) is 0 Å². The van der Waals surface area contributed by atoms with Crippen molar-refractivity contribution in [3.63, 3.8) is 0 Å². The second kappa shape index (κ2) is 4.51. The van der Waals surface area contributed by atoms with Crippen LogP contribution in [0, 0.1) is 10.5 Å². The normalized spacial score (nSPS) is 10.6. The van der Waals surface area contributed by atoms with E-state index in [2.05, 4.69) is 47.8 Å². The van der Waals surface area contributed by atoms with Gasteiger partial charge in [0.05, 0.1) is 10.7 Å². The Balaban J connectivity index is 3.04. The zero-order chi connectivity index (χ0) is 10.0. The topological polar surface area (TPSA) is 12.0 Å². The van der Waals surface area contributed by atoms with Gasteiger partial charge in [0.15, 0.2) is 0 Å². The first-order valence-electron chi connectivity index (χ1n) is 4.23. The first-order chi connectivity index (χ1) is 6.02. The maximum atomic E-state index is 6.18. The molecule has 0 radical (unpaired) electrons. The van der Waals surface area contributed by atoms with Gasteiger partial charge in [0.1, 0.15) is 0 Å². The summed E-state index contributed by atoms with van der Waals surface area (Å²) in [6.45, 7) is 6.24. The van der Waals surface area contributed by atoms with Crippen molar-refractivity contribution in [3.8, 4) is 0 Å². The Morgan fingerprint density at radius 3 is 2.54 bits per heavy atom. The average molecular weight is 310 g/mol. The van der Waals surface area contributed by atoms with E-state index in [4.69, 9.17) is 11.6 Å². The zero-order valence-corrected chi connectivity index (χ0v) is 10.9. The predicted molar refractivity (Wildman–Crippen MR) is 67.7 cm³/mol. The van der Waals surface area contributed by atoms with Crippen LogP contribution in [0.3, 0.4) is 0 Å². The number of hydrogen-bond acceptors (Lipinski definition) is 1. The largest absolute Gasteiger partial charge is 0.382 e. The summed E-state index contributed by atoms with van der Waals surface area (Å²) in [6.07, 6.45) is 0. The van der Waals surface area contributed by atoms with Crippen LogP contribution in [0.15, 0.2) is 12.1 Å². The Labute approximate surface area is 98.0 Å². The minimum Gasteiger partial charge on any atom is -0.382 e. The summed E-state index contributed by atoms with van der Waals surface area (Å²) in [5.41, 5.74) is 2.17. The van der Waals surface area contributed by atoms with Crippen molar-refractivity contribution in [2.75, 3.05) is 5.32 Å². The molecule has 72 valence electrons. The van der Waals surface area contributed by atoms with Crippen LogP contribution in [0.25, 0.3) is 0 Å². The number of anilines is 1. The second-order valence-electron chi connectivity index (χ2n) is 3.33. The van der Waals surface area contributed by atoms with Gasteiger partial charge in [-0.15, -0.1) is 0 Å². The van der Waals surface area contributed by atoms with E-state index in [1.807, 2.05) is 13.0 Å². The minimum absolute atomic E-state index is 0.414. The zero-order valence-electron chi connectivity index (χ0n) is 7.99. The standard InChI is InChI=1S/C10H13ClIN/c1-6(2)13-9-5-4-8(12)7(3)10(9)11/h4-6,13H,1-3H3. The van der Waals surface area contributed by atoms with Gasteiger partial charge in [-0.25, -0.2) is 0 Å². The Morgan fingerprint density at radius 1 is 1.38 bits per heavy atom. The highest BCUT2D eigenvalue weighted by Crippen LogP contribution is 2.29. The number of rotatable bonds is 2. The first-order valence-corrected chi connectivity index (χ1v) is 5.69. The van der Waals surface area contributed by atoms with Crippen LogP contribution in [0.1, 0.15) is 19.4 Å². The van der Waals surface area contributed by atoms with E-state index in [1.54, 1.807) is 0 Å². The quantitative estimate of drug-likeness (QED) is 0.812. The van der Waals surface area contributed by atoms with Crippen LogP contribution >= 0.6 is 34.2 Å². The van der Waals surface area contributed by atoms with Gasteiger partial charge >= 0.3 is 0 Å². The van der Waals surface area contributed by atoms with Crippen molar-refractivity contribution >= 4 is 39.9 Å². The lowest BCUT2D eigenvalue weighted by Crippen LogP contribution is -2.10. The molecule has 0 atom stereocenters. The molecule has 0 amide bonds. The molecule has 0 aliphatic heterocycles. The summed E-state index contributed by atoms with van der Waals surface area (Å²) in [7, 11) is 0. The van der Waals surface area contributed by atoms with Gasteiger partial charge in [0.25, 0.3) is 0 Å². The maximum absolute atomic E-state index is 6.18. The lowest BCUT2D eigenvalue weighted by molar-refractivity contribution is 0.899. The van der Waals surface area contributed by atoms with Crippen molar-refractivity contribution < 1.29 is 0 Å². The molecule has 0 aliphatic carbocycles. The molecular weight excluding hydrogens is 296 g/mol. The van der Waals surface area contributed by atoms with Crippen molar-refractivity contribution in [2.24, 2.45) is 0 Å². The molecule has 0 bridgehead atoms. The minimum atomic E-state index is 0.414. The maximum Gasteiger partial charge on any atom is 0.0677 e. The molecule has 0 unspecified atom stereocenters. The van der Waals surface area contributed by atoms with Gasteiger partial charge < -0.3 is 5.32 Å². The van der Waals surface area contributed by atoms with E-state index >= 15 is 0 Å². The lowest BCUT2D eigenvalue weighted by atomic mass is 10.2. The van der Waals surface area contributed by atoms with Crippen molar-refractivity contribution in [3.05, 3.63) is 26.3 Å². The monoisotopic (exact) mass is 309 g/mol. The Bertz CT molecular complexity index is 310. The predicted octanol–water partition coefficient (Wildman–Crippen LogP) is 4.07. The lowest BCUT2D eigenvalue weighted by Gasteiger charge is -2.13. The fourth-order valence-corrected chi connectivity index (χ4v) is 1.91.